The number of hydrogen-bond acceptors (Lipinski definition) is 3. The number of hydrogen-bond donors (Lipinski definition) is 1. The molecule has 1 fully saturated rings. The number of nitrogens with one attached hydrogen (secondary N) is 1. The number of benzene rings is 1. The van der Waals surface area contributed by atoms with Gasteiger partial charge in [0.25, 0.3) is 0 Å². The molecule has 0 radical (unpaired) electrons. The maximum atomic E-state index is 5.93. The molecule has 0 amide bonds. The summed E-state index contributed by atoms with van der Waals surface area (Å²) in [6.07, 6.45) is 2.53. The van der Waals surface area contributed by atoms with Gasteiger partial charge in [-0.05, 0) is 50.9 Å². The van der Waals surface area contributed by atoms with E-state index in [2.05, 4.69) is 37.4 Å². The van der Waals surface area contributed by atoms with Crippen molar-refractivity contribution in [1.29, 1.82) is 0 Å². The zero-order valence-electron chi connectivity index (χ0n) is 9.75. The van der Waals surface area contributed by atoms with E-state index in [0.717, 1.165) is 12.3 Å². The molecule has 2 aliphatic heterocycles. The lowest BCUT2D eigenvalue weighted by Crippen LogP contribution is -2.18. The topological polar surface area (TPSA) is 21.3 Å². The van der Waals surface area contributed by atoms with Crippen LogP contribution >= 0.6 is 11.8 Å². The lowest BCUT2D eigenvalue weighted by atomic mass is 10.1. The minimum absolute atomic E-state index is 0.107. The molecule has 3 rings (SSSR count). The number of fused-ring (bicyclic) bond motifs is 1. The first-order valence-corrected chi connectivity index (χ1v) is 6.71. The second-order valence-electron chi connectivity index (χ2n) is 4.96. The third kappa shape index (κ3) is 1.82. The highest BCUT2D eigenvalue weighted by atomic mass is 32.2. The average Bonchev–Trinajstić information content (AvgIpc) is 2.80. The molecule has 0 aliphatic carbocycles. The zero-order chi connectivity index (χ0) is 11.2. The summed E-state index contributed by atoms with van der Waals surface area (Å²) < 4.78 is 5.93. The van der Waals surface area contributed by atoms with Crippen molar-refractivity contribution in [3.8, 4) is 5.75 Å². The molecule has 0 aromatic heterocycles. The van der Waals surface area contributed by atoms with Crippen molar-refractivity contribution < 1.29 is 4.74 Å². The van der Waals surface area contributed by atoms with Crippen LogP contribution in [0.25, 0.3) is 0 Å². The molecule has 1 aromatic carbocycles. The van der Waals surface area contributed by atoms with Gasteiger partial charge in [0, 0.05) is 6.04 Å². The maximum absolute atomic E-state index is 5.93. The molecule has 1 saturated heterocycles. The minimum atomic E-state index is -0.107. The summed E-state index contributed by atoms with van der Waals surface area (Å²) in [5.74, 6) is 1.06. The summed E-state index contributed by atoms with van der Waals surface area (Å²) in [4.78, 5) is 1.16. The van der Waals surface area contributed by atoms with E-state index in [1.807, 2.05) is 0 Å². The van der Waals surface area contributed by atoms with E-state index >= 15 is 0 Å². The van der Waals surface area contributed by atoms with Crippen molar-refractivity contribution >= 4 is 11.8 Å². The molecule has 2 aliphatic rings. The van der Waals surface area contributed by atoms with E-state index in [9.17, 15) is 0 Å². The number of rotatable bonds is 1. The highest BCUT2D eigenvalue weighted by Crippen LogP contribution is 2.47. The lowest BCUT2D eigenvalue weighted by molar-refractivity contribution is 0.214. The fourth-order valence-corrected chi connectivity index (χ4v) is 3.42. The lowest BCUT2D eigenvalue weighted by Gasteiger charge is -2.16. The molecule has 86 valence electrons. The van der Waals surface area contributed by atoms with Crippen molar-refractivity contribution in [1.82, 2.24) is 5.32 Å². The van der Waals surface area contributed by atoms with Crippen molar-refractivity contribution in [2.75, 3.05) is 6.54 Å². The van der Waals surface area contributed by atoms with Crippen LogP contribution < -0.4 is 10.1 Å². The van der Waals surface area contributed by atoms with E-state index < -0.39 is 0 Å². The van der Waals surface area contributed by atoms with E-state index in [4.69, 9.17) is 4.74 Å². The minimum Gasteiger partial charge on any atom is -0.476 e. The molecule has 0 saturated carbocycles. The van der Waals surface area contributed by atoms with E-state index in [1.165, 1.54) is 23.3 Å². The zero-order valence-corrected chi connectivity index (χ0v) is 10.6. The Labute approximate surface area is 101 Å². The highest BCUT2D eigenvalue weighted by Gasteiger charge is 2.31. The Morgan fingerprint density at radius 3 is 3.06 bits per heavy atom. The molecule has 3 heteroatoms. The van der Waals surface area contributed by atoms with Gasteiger partial charge < -0.3 is 10.1 Å². The second kappa shape index (κ2) is 3.67. The molecule has 2 heterocycles. The summed E-state index contributed by atoms with van der Waals surface area (Å²) in [7, 11) is 0. The van der Waals surface area contributed by atoms with Crippen molar-refractivity contribution in [2.24, 2.45) is 0 Å². The quantitative estimate of drug-likeness (QED) is 0.806. The van der Waals surface area contributed by atoms with Crippen LogP contribution in [0.3, 0.4) is 0 Å². The van der Waals surface area contributed by atoms with Gasteiger partial charge in [0.1, 0.15) is 5.75 Å². The normalized spacial score (nSPS) is 26.5. The number of thioether (sulfide) groups is 1. The van der Waals surface area contributed by atoms with E-state index in [1.54, 1.807) is 11.8 Å². The molecule has 0 spiro atoms. The Morgan fingerprint density at radius 1 is 1.44 bits per heavy atom. The van der Waals surface area contributed by atoms with Crippen molar-refractivity contribution in [2.45, 2.75) is 42.6 Å². The molecule has 1 unspecified atom stereocenters. The third-order valence-corrected chi connectivity index (χ3v) is 4.27. The summed E-state index contributed by atoms with van der Waals surface area (Å²) in [5, 5.41) is 3.52. The maximum Gasteiger partial charge on any atom is 0.153 e. The van der Waals surface area contributed by atoms with Gasteiger partial charge in [-0.3, -0.25) is 0 Å². The summed E-state index contributed by atoms with van der Waals surface area (Å²) in [5.41, 5.74) is 1.37. The molecule has 1 aromatic rings. The van der Waals surface area contributed by atoms with Gasteiger partial charge in [-0.1, -0.05) is 17.8 Å². The van der Waals surface area contributed by atoms with Gasteiger partial charge in [0.2, 0.25) is 0 Å². The molecular weight excluding hydrogens is 218 g/mol. The standard InChI is InChI=1S/C13H17NOS/c1-13(2)15-11-8-9(5-6-12(11)16-13)10-4-3-7-14-10/h5-6,8,10,14H,3-4,7H2,1-2H3. The summed E-state index contributed by atoms with van der Waals surface area (Å²) in [6, 6.07) is 7.17. The van der Waals surface area contributed by atoms with Gasteiger partial charge in [-0.2, -0.15) is 0 Å². The average molecular weight is 235 g/mol. The fraction of sp³-hybridized carbons (Fsp3) is 0.538. The van der Waals surface area contributed by atoms with Crippen LogP contribution in [-0.2, 0) is 0 Å². The SMILES string of the molecule is CC1(C)Oc2cc(C3CCCN3)ccc2S1. The van der Waals surface area contributed by atoms with Crippen LogP contribution in [-0.4, -0.2) is 11.5 Å². The predicted molar refractivity (Wildman–Crippen MR) is 67.0 cm³/mol. The smallest absolute Gasteiger partial charge is 0.153 e. The van der Waals surface area contributed by atoms with Crippen molar-refractivity contribution in [3.05, 3.63) is 23.8 Å². The Bertz CT molecular complexity index is 410. The summed E-state index contributed by atoms with van der Waals surface area (Å²) in [6.45, 7) is 5.37. The van der Waals surface area contributed by atoms with Crippen LogP contribution in [0.15, 0.2) is 23.1 Å². The largest absolute Gasteiger partial charge is 0.476 e. The summed E-state index contributed by atoms with van der Waals surface area (Å²) >= 11 is 1.80. The van der Waals surface area contributed by atoms with E-state index in [-0.39, 0.29) is 4.93 Å². The fourth-order valence-electron chi connectivity index (χ4n) is 2.42. The van der Waals surface area contributed by atoms with Crippen LogP contribution in [0.4, 0.5) is 0 Å². The molecular formula is C13H17NOS. The highest BCUT2D eigenvalue weighted by molar-refractivity contribution is 8.00. The molecule has 1 atom stereocenters. The van der Waals surface area contributed by atoms with Gasteiger partial charge in [0.05, 0.1) is 4.90 Å². The van der Waals surface area contributed by atoms with Crippen LogP contribution in [0.1, 0.15) is 38.3 Å². The third-order valence-electron chi connectivity index (χ3n) is 3.14. The molecule has 1 N–H and O–H groups in total. The van der Waals surface area contributed by atoms with Gasteiger partial charge in [-0.15, -0.1) is 0 Å². The first kappa shape index (κ1) is 10.5. The predicted octanol–water partition coefficient (Wildman–Crippen LogP) is 3.33. The Kier molecular flexibility index (Phi) is 2.41. The van der Waals surface area contributed by atoms with Gasteiger partial charge >= 0.3 is 0 Å². The van der Waals surface area contributed by atoms with Crippen molar-refractivity contribution in [3.63, 3.8) is 0 Å². The van der Waals surface area contributed by atoms with Crippen LogP contribution in [0.2, 0.25) is 0 Å². The van der Waals surface area contributed by atoms with E-state index in [0.29, 0.717) is 6.04 Å². The molecule has 16 heavy (non-hydrogen) atoms. The first-order chi connectivity index (χ1) is 7.64. The van der Waals surface area contributed by atoms with Crippen LogP contribution in [0.5, 0.6) is 5.75 Å². The first-order valence-electron chi connectivity index (χ1n) is 5.89. The van der Waals surface area contributed by atoms with Gasteiger partial charge in [-0.25, -0.2) is 0 Å². The number of ether oxygens (including phenoxy) is 1. The van der Waals surface area contributed by atoms with Gasteiger partial charge in [0.15, 0.2) is 4.93 Å². The monoisotopic (exact) mass is 235 g/mol. The Hall–Kier alpha value is -0.670. The molecule has 0 bridgehead atoms. The molecule has 2 nitrogen and oxygen atoms in total. The second-order valence-corrected chi connectivity index (χ2v) is 6.59. The Morgan fingerprint density at radius 2 is 2.31 bits per heavy atom. The van der Waals surface area contributed by atoms with Crippen LogP contribution in [0, 0.1) is 0 Å². The Balaban J connectivity index is 1.89.